The first-order chi connectivity index (χ1) is 6.31. The molecule has 2 rings (SSSR count). The number of hydrogen-bond acceptors (Lipinski definition) is 1. The highest BCUT2D eigenvalue weighted by atomic mass is 79.9. The molecule has 3 heteroatoms. The molecule has 1 heterocycles. The predicted molar refractivity (Wildman–Crippen MR) is 56.7 cm³/mol. The molecule has 0 bridgehead atoms. The summed E-state index contributed by atoms with van der Waals surface area (Å²) in [5.74, 6) is 0. The fraction of sp³-hybridized carbons (Fsp3) is 0.200. The summed E-state index contributed by atoms with van der Waals surface area (Å²) in [5.41, 5.74) is 2.24. The van der Waals surface area contributed by atoms with Gasteiger partial charge in [-0.2, -0.15) is 0 Å². The van der Waals surface area contributed by atoms with E-state index in [-0.39, 0.29) is 0 Å². The van der Waals surface area contributed by atoms with Crippen molar-refractivity contribution >= 4 is 26.8 Å². The molecule has 0 aliphatic heterocycles. The number of hydrogen-bond donors (Lipinski definition) is 1. The third-order valence-electron chi connectivity index (χ3n) is 1.96. The normalized spacial score (nSPS) is 10.9. The van der Waals surface area contributed by atoms with Gasteiger partial charge in [0.25, 0.3) is 0 Å². The zero-order valence-electron chi connectivity index (χ0n) is 7.30. The van der Waals surface area contributed by atoms with Gasteiger partial charge in [0.1, 0.15) is 0 Å². The van der Waals surface area contributed by atoms with Gasteiger partial charge in [0.05, 0.1) is 12.1 Å². The predicted octanol–water partition coefficient (Wildman–Crippen LogP) is 3.08. The first kappa shape index (κ1) is 8.78. The van der Waals surface area contributed by atoms with E-state index in [1.54, 1.807) is 7.11 Å². The summed E-state index contributed by atoms with van der Waals surface area (Å²) >= 11 is 3.49. The molecule has 0 aliphatic carbocycles. The lowest BCUT2D eigenvalue weighted by molar-refractivity contribution is 0.182. The largest absolute Gasteiger partial charge is 0.378 e. The van der Waals surface area contributed by atoms with Crippen LogP contribution < -0.4 is 0 Å². The van der Waals surface area contributed by atoms with Gasteiger partial charge in [-0.25, -0.2) is 0 Å². The Hall–Kier alpha value is -0.800. The molecule has 0 fully saturated rings. The smallest absolute Gasteiger partial charge is 0.0862 e. The molecule has 68 valence electrons. The highest BCUT2D eigenvalue weighted by molar-refractivity contribution is 9.10. The number of aromatic amines is 1. The summed E-state index contributed by atoms with van der Waals surface area (Å²) in [6.07, 6.45) is 0. The fourth-order valence-corrected chi connectivity index (χ4v) is 1.89. The van der Waals surface area contributed by atoms with Crippen molar-refractivity contribution in [1.82, 2.24) is 4.98 Å². The Labute approximate surface area is 85.0 Å². The minimum absolute atomic E-state index is 0.626. The van der Waals surface area contributed by atoms with Crippen molar-refractivity contribution in [1.29, 1.82) is 0 Å². The van der Waals surface area contributed by atoms with Crippen LogP contribution in [0, 0.1) is 0 Å². The summed E-state index contributed by atoms with van der Waals surface area (Å²) in [6.45, 7) is 0.626. The first-order valence-corrected chi connectivity index (χ1v) is 4.85. The zero-order valence-corrected chi connectivity index (χ0v) is 8.89. The minimum atomic E-state index is 0.626. The average Bonchev–Trinajstić information content (AvgIpc) is 2.49. The van der Waals surface area contributed by atoms with Crippen molar-refractivity contribution < 1.29 is 4.74 Å². The number of nitrogens with one attached hydrogen (secondary N) is 1. The second kappa shape index (κ2) is 3.52. The Kier molecular flexibility index (Phi) is 2.38. The van der Waals surface area contributed by atoms with E-state index in [9.17, 15) is 0 Å². The molecule has 2 nitrogen and oxygen atoms in total. The van der Waals surface area contributed by atoms with Crippen LogP contribution in [0.3, 0.4) is 0 Å². The Bertz CT molecular complexity index is 422. The van der Waals surface area contributed by atoms with Gasteiger partial charge in [0, 0.05) is 22.7 Å². The van der Waals surface area contributed by atoms with Gasteiger partial charge >= 0.3 is 0 Å². The molecule has 1 N–H and O–H groups in total. The molecule has 0 spiro atoms. The number of fused-ring (bicyclic) bond motifs is 1. The summed E-state index contributed by atoms with van der Waals surface area (Å²) in [5, 5.41) is 1.21. The summed E-state index contributed by atoms with van der Waals surface area (Å²) in [7, 11) is 1.69. The Morgan fingerprint density at radius 1 is 1.46 bits per heavy atom. The van der Waals surface area contributed by atoms with Crippen molar-refractivity contribution in [3.05, 3.63) is 34.4 Å². The van der Waals surface area contributed by atoms with Crippen LogP contribution in [0.2, 0.25) is 0 Å². The van der Waals surface area contributed by atoms with E-state index >= 15 is 0 Å². The third-order valence-corrected chi connectivity index (χ3v) is 2.62. The molecule has 0 saturated carbocycles. The maximum Gasteiger partial charge on any atom is 0.0862 e. The molecule has 13 heavy (non-hydrogen) atoms. The van der Waals surface area contributed by atoms with Crippen molar-refractivity contribution in [2.75, 3.05) is 7.11 Å². The molecule has 1 aromatic heterocycles. The lowest BCUT2D eigenvalue weighted by atomic mass is 10.2. The van der Waals surface area contributed by atoms with Gasteiger partial charge in [-0.15, -0.1) is 0 Å². The summed E-state index contributed by atoms with van der Waals surface area (Å²) < 4.78 is 6.14. The standard InChI is InChI=1S/C10H10BrNO/c1-13-6-8-5-7-3-2-4-9(11)10(7)12-8/h2-5,12H,6H2,1H3. The number of rotatable bonds is 2. The van der Waals surface area contributed by atoms with Crippen LogP contribution in [-0.4, -0.2) is 12.1 Å². The third kappa shape index (κ3) is 1.62. The lowest BCUT2D eigenvalue weighted by Gasteiger charge is -1.93. The van der Waals surface area contributed by atoms with E-state index < -0.39 is 0 Å². The maximum absolute atomic E-state index is 5.05. The fourth-order valence-electron chi connectivity index (χ4n) is 1.41. The molecule has 0 aliphatic rings. The number of H-pyrrole nitrogens is 1. The van der Waals surface area contributed by atoms with Crippen LogP contribution in [0.15, 0.2) is 28.7 Å². The van der Waals surface area contributed by atoms with Gasteiger partial charge in [0.2, 0.25) is 0 Å². The maximum atomic E-state index is 5.05. The monoisotopic (exact) mass is 239 g/mol. The van der Waals surface area contributed by atoms with Crippen LogP contribution in [0.5, 0.6) is 0 Å². The van der Waals surface area contributed by atoms with Crippen molar-refractivity contribution in [2.45, 2.75) is 6.61 Å². The van der Waals surface area contributed by atoms with Gasteiger partial charge < -0.3 is 9.72 Å². The number of ether oxygens (including phenoxy) is 1. The molecule has 0 amide bonds. The number of methoxy groups -OCH3 is 1. The van der Waals surface area contributed by atoms with Crippen LogP contribution in [0.25, 0.3) is 10.9 Å². The van der Waals surface area contributed by atoms with Crippen molar-refractivity contribution in [2.24, 2.45) is 0 Å². The van der Waals surface area contributed by atoms with E-state index in [2.05, 4.69) is 33.0 Å². The summed E-state index contributed by atoms with van der Waals surface area (Å²) in [6, 6.07) is 8.23. The second-order valence-corrected chi connectivity index (χ2v) is 3.79. The van der Waals surface area contributed by atoms with Gasteiger partial charge in [-0.3, -0.25) is 0 Å². The van der Waals surface area contributed by atoms with E-state index in [1.165, 1.54) is 5.39 Å². The van der Waals surface area contributed by atoms with Gasteiger partial charge in [0.15, 0.2) is 0 Å². The highest BCUT2D eigenvalue weighted by Gasteiger charge is 2.02. The zero-order chi connectivity index (χ0) is 9.26. The van der Waals surface area contributed by atoms with Gasteiger partial charge in [-0.05, 0) is 28.1 Å². The molecule has 0 saturated heterocycles. The quantitative estimate of drug-likeness (QED) is 0.857. The summed E-state index contributed by atoms with van der Waals surface area (Å²) in [4.78, 5) is 3.29. The molecule has 0 atom stereocenters. The van der Waals surface area contributed by atoms with Crippen LogP contribution in [-0.2, 0) is 11.3 Å². The van der Waals surface area contributed by atoms with Crippen LogP contribution in [0.4, 0.5) is 0 Å². The lowest BCUT2D eigenvalue weighted by Crippen LogP contribution is -1.85. The molecule has 1 aromatic carbocycles. The molecule has 0 unspecified atom stereocenters. The molecule has 2 aromatic rings. The topological polar surface area (TPSA) is 25.0 Å². The number of benzene rings is 1. The highest BCUT2D eigenvalue weighted by Crippen LogP contribution is 2.23. The minimum Gasteiger partial charge on any atom is -0.378 e. The van der Waals surface area contributed by atoms with E-state index in [1.807, 2.05) is 12.1 Å². The number of aromatic nitrogens is 1. The second-order valence-electron chi connectivity index (χ2n) is 2.93. The van der Waals surface area contributed by atoms with Gasteiger partial charge in [-0.1, -0.05) is 12.1 Å². The Morgan fingerprint density at radius 3 is 3.00 bits per heavy atom. The average molecular weight is 240 g/mol. The van der Waals surface area contributed by atoms with Crippen molar-refractivity contribution in [3.8, 4) is 0 Å². The Balaban J connectivity index is 2.55. The van der Waals surface area contributed by atoms with Crippen LogP contribution in [0.1, 0.15) is 5.69 Å². The first-order valence-electron chi connectivity index (χ1n) is 4.06. The van der Waals surface area contributed by atoms with E-state index in [0.29, 0.717) is 6.61 Å². The SMILES string of the molecule is COCc1cc2cccc(Br)c2[nH]1. The van der Waals surface area contributed by atoms with E-state index in [4.69, 9.17) is 4.74 Å². The number of halogens is 1. The van der Waals surface area contributed by atoms with Crippen LogP contribution >= 0.6 is 15.9 Å². The Morgan fingerprint density at radius 2 is 2.31 bits per heavy atom. The van der Waals surface area contributed by atoms with Crippen molar-refractivity contribution in [3.63, 3.8) is 0 Å². The molecule has 0 radical (unpaired) electrons. The number of para-hydroxylation sites is 1. The van der Waals surface area contributed by atoms with E-state index in [0.717, 1.165) is 15.7 Å². The molecular weight excluding hydrogens is 230 g/mol. The molecular formula is C10H10BrNO.